The summed E-state index contributed by atoms with van der Waals surface area (Å²) in [6, 6.07) is 6.72. The Hall–Kier alpha value is -1.75. The molecule has 21 heavy (non-hydrogen) atoms. The third-order valence-corrected chi connectivity index (χ3v) is 3.68. The highest BCUT2D eigenvalue weighted by Gasteiger charge is 2.29. The zero-order valence-corrected chi connectivity index (χ0v) is 12.7. The van der Waals surface area contributed by atoms with Gasteiger partial charge in [0, 0.05) is 23.8 Å². The SMILES string of the molecule is CCOC(=O)[C@@H]1CCCN(C(=O)Nc2ccc(Cl)cc2)C1. The van der Waals surface area contributed by atoms with E-state index in [-0.39, 0.29) is 17.9 Å². The molecule has 1 atom stereocenters. The van der Waals surface area contributed by atoms with Gasteiger partial charge in [0.25, 0.3) is 0 Å². The van der Waals surface area contributed by atoms with Crippen LogP contribution in [0.25, 0.3) is 0 Å². The first-order valence-electron chi connectivity index (χ1n) is 7.08. The quantitative estimate of drug-likeness (QED) is 0.873. The number of amides is 2. The van der Waals surface area contributed by atoms with Crippen molar-refractivity contribution >= 4 is 29.3 Å². The van der Waals surface area contributed by atoms with Crippen LogP contribution in [0.4, 0.5) is 10.5 Å². The summed E-state index contributed by atoms with van der Waals surface area (Å²) in [4.78, 5) is 25.6. The summed E-state index contributed by atoms with van der Waals surface area (Å²) in [5, 5.41) is 3.43. The number of ether oxygens (including phenoxy) is 1. The van der Waals surface area contributed by atoms with Crippen molar-refractivity contribution in [2.75, 3.05) is 25.0 Å². The molecule has 1 aliphatic rings. The van der Waals surface area contributed by atoms with Crippen LogP contribution in [0.5, 0.6) is 0 Å². The predicted octanol–water partition coefficient (Wildman–Crippen LogP) is 3.15. The van der Waals surface area contributed by atoms with Crippen molar-refractivity contribution in [1.82, 2.24) is 4.90 Å². The molecule has 1 heterocycles. The lowest BCUT2D eigenvalue weighted by atomic mass is 9.98. The predicted molar refractivity (Wildman–Crippen MR) is 81.4 cm³/mol. The Kier molecular flexibility index (Phi) is 5.44. The fourth-order valence-corrected chi connectivity index (χ4v) is 2.48. The molecule has 1 aromatic rings. The minimum absolute atomic E-state index is 0.202. The summed E-state index contributed by atoms with van der Waals surface area (Å²) < 4.78 is 5.03. The van der Waals surface area contributed by atoms with Crippen LogP contribution in [0.15, 0.2) is 24.3 Å². The Bertz CT molecular complexity index is 504. The summed E-state index contributed by atoms with van der Waals surface area (Å²) >= 11 is 5.81. The van der Waals surface area contributed by atoms with E-state index in [1.165, 1.54) is 0 Å². The number of nitrogens with zero attached hydrogens (tertiary/aromatic N) is 1. The van der Waals surface area contributed by atoms with E-state index in [2.05, 4.69) is 5.32 Å². The molecule has 0 saturated carbocycles. The van der Waals surface area contributed by atoms with Gasteiger partial charge < -0.3 is 15.0 Å². The number of halogens is 1. The molecule has 1 aliphatic heterocycles. The van der Waals surface area contributed by atoms with Gasteiger partial charge in [0.05, 0.1) is 12.5 Å². The first kappa shape index (κ1) is 15.6. The van der Waals surface area contributed by atoms with Crippen molar-refractivity contribution in [2.24, 2.45) is 5.92 Å². The molecule has 0 aliphatic carbocycles. The number of piperidine rings is 1. The highest BCUT2D eigenvalue weighted by atomic mass is 35.5. The van der Waals surface area contributed by atoms with Gasteiger partial charge in [-0.2, -0.15) is 0 Å². The van der Waals surface area contributed by atoms with Gasteiger partial charge in [-0.15, -0.1) is 0 Å². The number of anilines is 1. The van der Waals surface area contributed by atoms with Gasteiger partial charge in [0.1, 0.15) is 0 Å². The summed E-state index contributed by atoms with van der Waals surface area (Å²) in [5.41, 5.74) is 0.683. The van der Waals surface area contributed by atoms with E-state index in [4.69, 9.17) is 16.3 Å². The second kappa shape index (κ2) is 7.31. The topological polar surface area (TPSA) is 58.6 Å². The fourth-order valence-electron chi connectivity index (χ4n) is 2.35. The van der Waals surface area contributed by atoms with Gasteiger partial charge >= 0.3 is 12.0 Å². The van der Waals surface area contributed by atoms with Gasteiger partial charge in [-0.3, -0.25) is 4.79 Å². The van der Waals surface area contributed by atoms with Gasteiger partial charge in [0.15, 0.2) is 0 Å². The van der Waals surface area contributed by atoms with E-state index >= 15 is 0 Å². The molecule has 1 saturated heterocycles. The number of benzene rings is 1. The molecule has 0 bridgehead atoms. The van der Waals surface area contributed by atoms with E-state index in [0.29, 0.717) is 30.4 Å². The minimum atomic E-state index is -0.227. The Labute approximate surface area is 129 Å². The highest BCUT2D eigenvalue weighted by Crippen LogP contribution is 2.19. The summed E-state index contributed by atoms with van der Waals surface area (Å²) in [5.74, 6) is -0.448. The second-order valence-corrected chi connectivity index (χ2v) is 5.41. The molecule has 0 radical (unpaired) electrons. The van der Waals surface area contributed by atoms with E-state index < -0.39 is 0 Å². The van der Waals surface area contributed by atoms with Crippen LogP contribution in [0.2, 0.25) is 5.02 Å². The number of urea groups is 1. The number of carbonyl (C=O) groups is 2. The van der Waals surface area contributed by atoms with Crippen LogP contribution >= 0.6 is 11.6 Å². The van der Waals surface area contributed by atoms with E-state index in [1.54, 1.807) is 36.1 Å². The maximum atomic E-state index is 12.2. The monoisotopic (exact) mass is 310 g/mol. The fraction of sp³-hybridized carbons (Fsp3) is 0.467. The average Bonchev–Trinajstić information content (AvgIpc) is 2.50. The molecule has 2 amide bonds. The van der Waals surface area contributed by atoms with Crippen molar-refractivity contribution in [2.45, 2.75) is 19.8 Å². The van der Waals surface area contributed by atoms with Crippen LogP contribution in [0.3, 0.4) is 0 Å². The smallest absolute Gasteiger partial charge is 0.321 e. The van der Waals surface area contributed by atoms with E-state index in [0.717, 1.165) is 12.8 Å². The standard InChI is InChI=1S/C15H19ClN2O3/c1-2-21-14(19)11-4-3-9-18(10-11)15(20)17-13-7-5-12(16)6-8-13/h5-8,11H,2-4,9-10H2,1H3,(H,17,20)/t11-/m1/s1. The van der Waals surface area contributed by atoms with Crippen LogP contribution in [0.1, 0.15) is 19.8 Å². The lowest BCUT2D eigenvalue weighted by Gasteiger charge is -2.31. The molecular weight excluding hydrogens is 292 g/mol. The van der Waals surface area contributed by atoms with Gasteiger partial charge in [-0.05, 0) is 44.0 Å². The molecule has 0 aromatic heterocycles. The van der Waals surface area contributed by atoms with Crippen molar-refractivity contribution < 1.29 is 14.3 Å². The number of hydrogen-bond donors (Lipinski definition) is 1. The maximum Gasteiger partial charge on any atom is 0.321 e. The zero-order chi connectivity index (χ0) is 15.2. The second-order valence-electron chi connectivity index (χ2n) is 4.97. The largest absolute Gasteiger partial charge is 0.466 e. The number of esters is 1. The van der Waals surface area contributed by atoms with Crippen molar-refractivity contribution in [1.29, 1.82) is 0 Å². The summed E-state index contributed by atoms with van der Waals surface area (Å²) in [6.45, 7) is 3.20. The number of likely N-dealkylation sites (tertiary alicyclic amines) is 1. The van der Waals surface area contributed by atoms with E-state index in [1.807, 2.05) is 0 Å². The van der Waals surface area contributed by atoms with Gasteiger partial charge in [-0.25, -0.2) is 4.79 Å². The average molecular weight is 311 g/mol. The van der Waals surface area contributed by atoms with Crippen LogP contribution in [-0.4, -0.2) is 36.6 Å². The molecule has 0 spiro atoms. The van der Waals surface area contributed by atoms with Crippen LogP contribution in [0, 0.1) is 5.92 Å². The van der Waals surface area contributed by atoms with Crippen molar-refractivity contribution in [3.05, 3.63) is 29.3 Å². The first-order chi connectivity index (χ1) is 10.1. The van der Waals surface area contributed by atoms with Gasteiger partial charge in [0.2, 0.25) is 0 Å². The van der Waals surface area contributed by atoms with Crippen LogP contribution < -0.4 is 5.32 Å². The molecule has 6 heteroatoms. The summed E-state index contributed by atoms with van der Waals surface area (Å²) in [6.07, 6.45) is 1.57. The highest BCUT2D eigenvalue weighted by molar-refractivity contribution is 6.30. The normalized spacial score (nSPS) is 18.2. The minimum Gasteiger partial charge on any atom is -0.466 e. The van der Waals surface area contributed by atoms with Crippen molar-refractivity contribution in [3.63, 3.8) is 0 Å². The lowest BCUT2D eigenvalue weighted by Crippen LogP contribution is -2.44. The Morgan fingerprint density at radius 1 is 1.38 bits per heavy atom. The molecule has 1 aromatic carbocycles. The Morgan fingerprint density at radius 2 is 2.10 bits per heavy atom. The number of nitrogens with one attached hydrogen (secondary N) is 1. The number of hydrogen-bond acceptors (Lipinski definition) is 3. The molecule has 1 N–H and O–H groups in total. The Morgan fingerprint density at radius 3 is 2.76 bits per heavy atom. The number of rotatable bonds is 3. The van der Waals surface area contributed by atoms with E-state index in [9.17, 15) is 9.59 Å². The zero-order valence-electron chi connectivity index (χ0n) is 12.0. The third kappa shape index (κ3) is 4.36. The van der Waals surface area contributed by atoms with Crippen molar-refractivity contribution in [3.8, 4) is 0 Å². The van der Waals surface area contributed by atoms with Crippen LogP contribution in [-0.2, 0) is 9.53 Å². The Balaban J connectivity index is 1.92. The molecule has 5 nitrogen and oxygen atoms in total. The molecule has 2 rings (SSSR count). The lowest BCUT2D eigenvalue weighted by molar-refractivity contribution is -0.149. The molecule has 0 unspecified atom stereocenters. The maximum absolute atomic E-state index is 12.2. The molecule has 114 valence electrons. The summed E-state index contributed by atoms with van der Waals surface area (Å²) in [7, 11) is 0. The third-order valence-electron chi connectivity index (χ3n) is 3.42. The first-order valence-corrected chi connectivity index (χ1v) is 7.46. The molecule has 1 fully saturated rings. The van der Waals surface area contributed by atoms with Gasteiger partial charge in [-0.1, -0.05) is 11.6 Å². The molecular formula is C15H19ClN2O3. The number of carbonyl (C=O) groups excluding carboxylic acids is 2.